The summed E-state index contributed by atoms with van der Waals surface area (Å²) >= 11 is 0. The van der Waals surface area contributed by atoms with Crippen LogP contribution >= 0.6 is 0 Å². The predicted octanol–water partition coefficient (Wildman–Crippen LogP) is 1.31. The van der Waals surface area contributed by atoms with Gasteiger partial charge in [-0.25, -0.2) is 0 Å². The molecular formula is C9H7F3N2O6. The second kappa shape index (κ2) is 5.59. The third kappa shape index (κ3) is 3.70. The van der Waals surface area contributed by atoms with Gasteiger partial charge in [0.1, 0.15) is 5.69 Å². The van der Waals surface area contributed by atoms with E-state index in [1.165, 1.54) is 0 Å². The standard InChI is InChI=1S/C9H7F3N2O6/c1-19-6(15)2-4-8(16)7(14(17)18)5(3-13-4)20-9(10,11)12/h3,16H,2H2,1H3. The zero-order valence-corrected chi connectivity index (χ0v) is 9.80. The van der Waals surface area contributed by atoms with Gasteiger partial charge in [-0.3, -0.25) is 19.9 Å². The highest BCUT2D eigenvalue weighted by molar-refractivity contribution is 5.74. The van der Waals surface area contributed by atoms with Crippen LogP contribution in [-0.4, -0.2) is 34.5 Å². The molecule has 0 aromatic carbocycles. The van der Waals surface area contributed by atoms with Crippen LogP contribution < -0.4 is 4.74 Å². The quantitative estimate of drug-likeness (QED) is 0.506. The first-order chi connectivity index (χ1) is 9.15. The number of nitrogens with zero attached hydrogens (tertiary/aromatic N) is 2. The Kier molecular flexibility index (Phi) is 4.32. The van der Waals surface area contributed by atoms with Crippen molar-refractivity contribution in [1.29, 1.82) is 0 Å². The number of alkyl halides is 3. The van der Waals surface area contributed by atoms with Gasteiger partial charge in [0.2, 0.25) is 11.5 Å². The Morgan fingerprint density at radius 2 is 2.15 bits per heavy atom. The number of carbonyl (C=O) groups is 1. The fourth-order valence-corrected chi connectivity index (χ4v) is 1.23. The van der Waals surface area contributed by atoms with Crippen LogP contribution in [0.1, 0.15) is 5.69 Å². The second-order valence-corrected chi connectivity index (χ2v) is 3.32. The van der Waals surface area contributed by atoms with E-state index in [1.54, 1.807) is 0 Å². The zero-order chi connectivity index (χ0) is 15.5. The predicted molar refractivity (Wildman–Crippen MR) is 55.0 cm³/mol. The Hall–Kier alpha value is -2.59. The summed E-state index contributed by atoms with van der Waals surface area (Å²) < 4.78 is 43.8. The van der Waals surface area contributed by atoms with E-state index in [1.807, 2.05) is 0 Å². The Balaban J connectivity index is 3.27. The summed E-state index contributed by atoms with van der Waals surface area (Å²) in [6, 6.07) is 0. The van der Waals surface area contributed by atoms with Gasteiger partial charge in [-0.1, -0.05) is 0 Å². The molecule has 0 saturated carbocycles. The highest BCUT2D eigenvalue weighted by atomic mass is 19.4. The van der Waals surface area contributed by atoms with Crippen molar-refractivity contribution in [1.82, 2.24) is 4.98 Å². The van der Waals surface area contributed by atoms with E-state index in [0.717, 1.165) is 7.11 Å². The molecule has 0 aliphatic carbocycles. The van der Waals surface area contributed by atoms with Crippen molar-refractivity contribution in [3.8, 4) is 11.5 Å². The average molecular weight is 296 g/mol. The molecule has 8 nitrogen and oxygen atoms in total. The molecule has 0 aliphatic heterocycles. The molecule has 110 valence electrons. The first kappa shape index (κ1) is 15.5. The molecule has 1 rings (SSSR count). The number of aromatic nitrogens is 1. The molecule has 0 radical (unpaired) electrons. The Labute approximate surface area is 108 Å². The van der Waals surface area contributed by atoms with Gasteiger partial charge in [-0.05, 0) is 0 Å². The number of esters is 1. The zero-order valence-electron chi connectivity index (χ0n) is 9.80. The molecule has 11 heteroatoms. The fraction of sp³-hybridized carbons (Fsp3) is 0.333. The lowest BCUT2D eigenvalue weighted by atomic mass is 10.2. The topological polar surface area (TPSA) is 112 Å². The van der Waals surface area contributed by atoms with Crippen LogP contribution in [0, 0.1) is 10.1 Å². The molecule has 1 N–H and O–H groups in total. The van der Waals surface area contributed by atoms with Crippen molar-refractivity contribution in [2.24, 2.45) is 0 Å². The number of nitro groups is 1. The minimum Gasteiger partial charge on any atom is -0.501 e. The molecule has 0 amide bonds. The van der Waals surface area contributed by atoms with Gasteiger partial charge < -0.3 is 14.6 Å². The average Bonchev–Trinajstić information content (AvgIpc) is 2.30. The molecule has 1 heterocycles. The molecule has 1 aromatic rings. The van der Waals surface area contributed by atoms with Crippen molar-refractivity contribution in [3.63, 3.8) is 0 Å². The smallest absolute Gasteiger partial charge is 0.501 e. The van der Waals surface area contributed by atoms with Gasteiger partial charge in [0.15, 0.2) is 0 Å². The molecule has 0 atom stereocenters. The highest BCUT2D eigenvalue weighted by Crippen LogP contribution is 2.39. The molecule has 0 spiro atoms. The van der Waals surface area contributed by atoms with Crippen LogP contribution in [0.4, 0.5) is 18.9 Å². The summed E-state index contributed by atoms with van der Waals surface area (Å²) in [5.41, 5.74) is -1.84. The fourth-order valence-electron chi connectivity index (χ4n) is 1.23. The summed E-state index contributed by atoms with van der Waals surface area (Å²) in [6.07, 6.45) is -5.44. The normalized spacial score (nSPS) is 11.0. The lowest BCUT2D eigenvalue weighted by molar-refractivity contribution is -0.389. The lowest BCUT2D eigenvalue weighted by Gasteiger charge is -2.10. The van der Waals surface area contributed by atoms with Crippen molar-refractivity contribution >= 4 is 11.7 Å². The van der Waals surface area contributed by atoms with Gasteiger partial charge in [0.05, 0.1) is 24.7 Å². The van der Waals surface area contributed by atoms with Gasteiger partial charge in [0, 0.05) is 0 Å². The Morgan fingerprint density at radius 3 is 2.60 bits per heavy atom. The number of hydrogen-bond acceptors (Lipinski definition) is 7. The van der Waals surface area contributed by atoms with Crippen LogP contribution in [0.15, 0.2) is 6.20 Å². The minimum atomic E-state index is -5.19. The summed E-state index contributed by atoms with van der Waals surface area (Å²) in [4.78, 5) is 23.7. The molecule has 0 unspecified atom stereocenters. The number of ether oxygens (including phenoxy) is 2. The van der Waals surface area contributed by atoms with Crippen LogP contribution in [0.5, 0.6) is 11.5 Å². The van der Waals surface area contributed by atoms with Gasteiger partial charge in [-0.15, -0.1) is 13.2 Å². The van der Waals surface area contributed by atoms with Crippen molar-refractivity contribution in [2.45, 2.75) is 12.8 Å². The van der Waals surface area contributed by atoms with E-state index >= 15 is 0 Å². The second-order valence-electron chi connectivity index (χ2n) is 3.32. The van der Waals surface area contributed by atoms with Crippen LogP contribution in [0.3, 0.4) is 0 Å². The van der Waals surface area contributed by atoms with Crippen molar-refractivity contribution in [2.75, 3.05) is 7.11 Å². The number of pyridine rings is 1. The molecular weight excluding hydrogens is 289 g/mol. The van der Waals surface area contributed by atoms with E-state index in [0.29, 0.717) is 6.20 Å². The lowest BCUT2D eigenvalue weighted by Crippen LogP contribution is -2.18. The number of carbonyl (C=O) groups excluding carboxylic acids is 1. The van der Waals surface area contributed by atoms with E-state index in [-0.39, 0.29) is 0 Å². The van der Waals surface area contributed by atoms with E-state index in [2.05, 4.69) is 14.5 Å². The summed E-state index contributed by atoms with van der Waals surface area (Å²) in [5, 5.41) is 20.2. The SMILES string of the molecule is COC(=O)Cc1ncc(OC(F)(F)F)c([N+](=O)[O-])c1O. The largest absolute Gasteiger partial charge is 0.573 e. The first-order valence-corrected chi connectivity index (χ1v) is 4.83. The monoisotopic (exact) mass is 296 g/mol. The van der Waals surface area contributed by atoms with E-state index in [4.69, 9.17) is 0 Å². The number of rotatable bonds is 4. The Morgan fingerprint density at radius 1 is 1.55 bits per heavy atom. The molecule has 1 aromatic heterocycles. The summed E-state index contributed by atoms with van der Waals surface area (Å²) in [7, 11) is 1.02. The number of halogens is 3. The molecule has 0 aliphatic rings. The van der Waals surface area contributed by atoms with Crippen LogP contribution in [0.2, 0.25) is 0 Å². The maximum atomic E-state index is 12.1. The third-order valence-corrected chi connectivity index (χ3v) is 2.02. The molecule has 0 fully saturated rings. The maximum absolute atomic E-state index is 12.1. The molecule has 0 saturated heterocycles. The highest BCUT2D eigenvalue weighted by Gasteiger charge is 2.37. The van der Waals surface area contributed by atoms with E-state index < -0.39 is 46.6 Å². The maximum Gasteiger partial charge on any atom is 0.573 e. The van der Waals surface area contributed by atoms with Crippen molar-refractivity contribution < 1.29 is 37.5 Å². The van der Waals surface area contributed by atoms with Gasteiger partial charge in [-0.2, -0.15) is 0 Å². The number of aromatic hydroxyl groups is 1. The van der Waals surface area contributed by atoms with E-state index in [9.17, 15) is 33.2 Å². The molecule has 0 bridgehead atoms. The van der Waals surface area contributed by atoms with Gasteiger partial charge in [0.25, 0.3) is 0 Å². The Bertz CT molecular complexity index is 545. The number of hydrogen-bond donors (Lipinski definition) is 1. The molecule has 20 heavy (non-hydrogen) atoms. The summed E-state index contributed by atoms with van der Waals surface area (Å²) in [6.45, 7) is 0. The third-order valence-electron chi connectivity index (χ3n) is 2.02. The summed E-state index contributed by atoms with van der Waals surface area (Å²) in [5.74, 6) is -3.36. The van der Waals surface area contributed by atoms with Crippen molar-refractivity contribution in [3.05, 3.63) is 22.0 Å². The number of methoxy groups -OCH3 is 1. The van der Waals surface area contributed by atoms with Gasteiger partial charge >= 0.3 is 18.0 Å². The minimum absolute atomic E-state index is 0.392. The van der Waals surface area contributed by atoms with Crippen LogP contribution in [0.25, 0.3) is 0 Å². The first-order valence-electron chi connectivity index (χ1n) is 4.83. The van der Waals surface area contributed by atoms with Crippen LogP contribution in [-0.2, 0) is 16.0 Å².